The molecule has 1 saturated heterocycles. The van der Waals surface area contributed by atoms with Crippen LogP contribution in [0.1, 0.15) is 0 Å². The molecule has 2 aliphatic rings. The number of carbonyl (C=O) groups excluding carboxylic acids is 1. The molecule has 0 aromatic heterocycles. The van der Waals surface area contributed by atoms with Crippen LogP contribution >= 0.6 is 0 Å². The lowest BCUT2D eigenvalue weighted by atomic mass is 10.2. The second kappa shape index (κ2) is 2.62. The van der Waals surface area contributed by atoms with Crippen LogP contribution in [0.25, 0.3) is 0 Å². The molecule has 5 nitrogen and oxygen atoms in total. The molecule has 1 fully saturated rings. The Hall–Kier alpha value is -1.75. The Morgan fingerprint density at radius 2 is 2.29 bits per heavy atom. The molecule has 0 spiro atoms. The molecule has 2 heterocycles. The van der Waals surface area contributed by atoms with E-state index in [1.54, 1.807) is 4.90 Å². The van der Waals surface area contributed by atoms with Crippen LogP contribution in [-0.2, 0) is 0 Å². The van der Waals surface area contributed by atoms with Gasteiger partial charge in [-0.2, -0.15) is 0 Å². The van der Waals surface area contributed by atoms with Gasteiger partial charge >= 0.3 is 6.03 Å². The molecule has 5 heteroatoms. The Labute approximate surface area is 80.6 Å². The summed E-state index contributed by atoms with van der Waals surface area (Å²) in [7, 11) is 0. The summed E-state index contributed by atoms with van der Waals surface area (Å²) in [5.41, 5.74) is 6.22. The summed E-state index contributed by atoms with van der Waals surface area (Å²) in [4.78, 5) is 13.1. The van der Waals surface area contributed by atoms with Crippen LogP contribution in [0.2, 0.25) is 0 Å². The average molecular weight is 191 g/mol. The van der Waals surface area contributed by atoms with Gasteiger partial charge in [0.15, 0.2) is 0 Å². The minimum Gasteiger partial charge on any atom is -0.488 e. The van der Waals surface area contributed by atoms with Gasteiger partial charge in [-0.05, 0) is 12.1 Å². The fourth-order valence-corrected chi connectivity index (χ4v) is 1.75. The van der Waals surface area contributed by atoms with Crippen molar-refractivity contribution in [3.63, 3.8) is 0 Å². The molecule has 2 aliphatic heterocycles. The van der Waals surface area contributed by atoms with Crippen molar-refractivity contribution in [2.45, 2.75) is 6.17 Å². The topological polar surface area (TPSA) is 53.6 Å². The predicted molar refractivity (Wildman–Crippen MR) is 49.9 cm³/mol. The molecule has 1 atom stereocenters. The first-order valence-corrected chi connectivity index (χ1v) is 4.43. The maximum Gasteiger partial charge on any atom is 0.337 e. The summed E-state index contributed by atoms with van der Waals surface area (Å²) in [6.07, 6.45) is -0.0996. The van der Waals surface area contributed by atoms with E-state index in [0.717, 1.165) is 11.4 Å². The highest BCUT2D eigenvalue weighted by atomic mass is 16.5. The SMILES string of the molecule is O=C1NNC2COc3ccccc3N12. The first-order chi connectivity index (χ1) is 6.86. The Morgan fingerprint density at radius 3 is 3.21 bits per heavy atom. The third kappa shape index (κ3) is 0.898. The number of amides is 2. The molecule has 14 heavy (non-hydrogen) atoms. The standard InChI is InChI=1S/C9H9N3O2/c13-9-11-10-8-5-14-7-4-2-1-3-6(7)12(8)9/h1-4,8,10H,5H2,(H,11,13). The molecule has 1 unspecified atom stereocenters. The Bertz CT molecular complexity index is 393. The number of nitrogens with one attached hydrogen (secondary N) is 2. The van der Waals surface area contributed by atoms with E-state index in [1.807, 2.05) is 24.3 Å². The van der Waals surface area contributed by atoms with Crippen molar-refractivity contribution < 1.29 is 9.53 Å². The molecule has 2 N–H and O–H groups in total. The van der Waals surface area contributed by atoms with Gasteiger partial charge < -0.3 is 4.74 Å². The highest BCUT2D eigenvalue weighted by Crippen LogP contribution is 2.33. The van der Waals surface area contributed by atoms with E-state index in [0.29, 0.717) is 6.61 Å². The highest BCUT2D eigenvalue weighted by molar-refractivity contribution is 5.96. The zero-order valence-corrected chi connectivity index (χ0v) is 7.36. The van der Waals surface area contributed by atoms with Crippen molar-refractivity contribution in [2.24, 2.45) is 0 Å². The number of benzene rings is 1. The normalized spacial score (nSPS) is 23.6. The molecule has 72 valence electrons. The molecule has 0 aliphatic carbocycles. The number of hydrazine groups is 1. The number of anilines is 1. The van der Waals surface area contributed by atoms with E-state index < -0.39 is 0 Å². The lowest BCUT2D eigenvalue weighted by Gasteiger charge is -2.29. The van der Waals surface area contributed by atoms with E-state index in [4.69, 9.17) is 4.74 Å². The number of ether oxygens (including phenoxy) is 1. The van der Waals surface area contributed by atoms with Crippen LogP contribution in [0.3, 0.4) is 0 Å². The van der Waals surface area contributed by atoms with Crippen LogP contribution in [0.15, 0.2) is 24.3 Å². The molecule has 1 aromatic rings. The highest BCUT2D eigenvalue weighted by Gasteiger charge is 2.36. The van der Waals surface area contributed by atoms with E-state index >= 15 is 0 Å². The first-order valence-electron chi connectivity index (χ1n) is 4.43. The minimum absolute atomic E-state index is 0.0996. The van der Waals surface area contributed by atoms with E-state index in [2.05, 4.69) is 10.9 Å². The number of hydrogen-bond donors (Lipinski definition) is 2. The number of urea groups is 1. The predicted octanol–water partition coefficient (Wildman–Crippen LogP) is 0.439. The molecule has 0 saturated carbocycles. The van der Waals surface area contributed by atoms with Crippen molar-refractivity contribution in [3.05, 3.63) is 24.3 Å². The van der Waals surface area contributed by atoms with Crippen molar-refractivity contribution in [1.82, 2.24) is 10.9 Å². The molecular formula is C9H9N3O2. The molecule has 1 aromatic carbocycles. The van der Waals surface area contributed by atoms with Gasteiger partial charge in [0, 0.05) is 0 Å². The first kappa shape index (κ1) is 7.64. The summed E-state index contributed by atoms with van der Waals surface area (Å²) in [6, 6.07) is 7.37. The fraction of sp³-hybridized carbons (Fsp3) is 0.222. The quantitative estimate of drug-likeness (QED) is 0.625. The van der Waals surface area contributed by atoms with Gasteiger partial charge in [-0.25, -0.2) is 10.2 Å². The number of para-hydroxylation sites is 2. The monoisotopic (exact) mass is 191 g/mol. The number of nitrogens with zero attached hydrogens (tertiary/aromatic N) is 1. The third-order valence-electron chi connectivity index (χ3n) is 2.40. The van der Waals surface area contributed by atoms with Crippen LogP contribution < -0.4 is 20.5 Å². The van der Waals surface area contributed by atoms with Gasteiger partial charge in [0.25, 0.3) is 0 Å². The number of rotatable bonds is 0. The molecule has 0 radical (unpaired) electrons. The summed E-state index contributed by atoms with van der Waals surface area (Å²) >= 11 is 0. The van der Waals surface area contributed by atoms with Crippen LogP contribution in [-0.4, -0.2) is 18.8 Å². The van der Waals surface area contributed by atoms with Gasteiger partial charge in [-0.15, -0.1) is 0 Å². The minimum atomic E-state index is -0.134. The van der Waals surface area contributed by atoms with Crippen molar-refractivity contribution in [2.75, 3.05) is 11.5 Å². The zero-order chi connectivity index (χ0) is 9.54. The van der Waals surface area contributed by atoms with Gasteiger partial charge in [0.2, 0.25) is 0 Å². The smallest absolute Gasteiger partial charge is 0.337 e. The number of fused-ring (bicyclic) bond motifs is 3. The van der Waals surface area contributed by atoms with Crippen LogP contribution in [0.4, 0.5) is 10.5 Å². The number of carbonyl (C=O) groups is 1. The van der Waals surface area contributed by atoms with Crippen LogP contribution in [0, 0.1) is 0 Å². The molecule has 2 amide bonds. The molecular weight excluding hydrogens is 182 g/mol. The summed E-state index contributed by atoms with van der Waals surface area (Å²) < 4.78 is 5.49. The van der Waals surface area contributed by atoms with Crippen LogP contribution in [0.5, 0.6) is 5.75 Å². The second-order valence-corrected chi connectivity index (χ2v) is 3.24. The van der Waals surface area contributed by atoms with E-state index in [9.17, 15) is 4.79 Å². The summed E-state index contributed by atoms with van der Waals surface area (Å²) in [5.74, 6) is 0.752. The zero-order valence-electron chi connectivity index (χ0n) is 7.36. The second-order valence-electron chi connectivity index (χ2n) is 3.24. The van der Waals surface area contributed by atoms with Gasteiger partial charge in [-0.1, -0.05) is 12.1 Å². The van der Waals surface area contributed by atoms with Crippen molar-refractivity contribution >= 4 is 11.7 Å². The lowest BCUT2D eigenvalue weighted by molar-refractivity contribution is 0.245. The van der Waals surface area contributed by atoms with Crippen molar-refractivity contribution in [1.29, 1.82) is 0 Å². The van der Waals surface area contributed by atoms with E-state index in [1.165, 1.54) is 0 Å². The Kier molecular flexibility index (Phi) is 1.43. The lowest BCUT2D eigenvalue weighted by Crippen LogP contribution is -2.45. The average Bonchev–Trinajstić information content (AvgIpc) is 2.61. The molecule has 0 bridgehead atoms. The summed E-state index contributed by atoms with van der Waals surface area (Å²) in [5, 5.41) is 0. The Balaban J connectivity index is 2.11. The number of hydrogen-bond acceptors (Lipinski definition) is 3. The Morgan fingerprint density at radius 1 is 1.43 bits per heavy atom. The van der Waals surface area contributed by atoms with Gasteiger partial charge in [0.1, 0.15) is 18.5 Å². The molecule has 3 rings (SSSR count). The maximum atomic E-state index is 11.5. The summed E-state index contributed by atoms with van der Waals surface area (Å²) in [6.45, 7) is 0.468. The third-order valence-corrected chi connectivity index (χ3v) is 2.40. The fourth-order valence-electron chi connectivity index (χ4n) is 1.75. The maximum absolute atomic E-state index is 11.5. The van der Waals surface area contributed by atoms with Gasteiger partial charge in [-0.3, -0.25) is 10.3 Å². The van der Waals surface area contributed by atoms with Crippen molar-refractivity contribution in [3.8, 4) is 5.75 Å². The van der Waals surface area contributed by atoms with E-state index in [-0.39, 0.29) is 12.2 Å². The van der Waals surface area contributed by atoms with Gasteiger partial charge in [0.05, 0.1) is 5.69 Å². The largest absolute Gasteiger partial charge is 0.488 e.